The van der Waals surface area contributed by atoms with Gasteiger partial charge in [-0.1, -0.05) is 0 Å². The lowest BCUT2D eigenvalue weighted by Crippen LogP contribution is -2.37. The molecule has 0 aliphatic rings. The molecule has 0 bridgehead atoms. The summed E-state index contributed by atoms with van der Waals surface area (Å²) in [6.45, 7) is 6.49. The molecule has 76 valence electrons. The summed E-state index contributed by atoms with van der Waals surface area (Å²) in [5.41, 5.74) is 4.95. The molecule has 0 saturated carbocycles. The van der Waals surface area contributed by atoms with Gasteiger partial charge < -0.3 is 10.6 Å². The van der Waals surface area contributed by atoms with E-state index in [1.165, 1.54) is 0 Å². The van der Waals surface area contributed by atoms with Crippen molar-refractivity contribution in [3.05, 3.63) is 0 Å². The summed E-state index contributed by atoms with van der Waals surface area (Å²) in [6.07, 6.45) is 0.364. The van der Waals surface area contributed by atoms with Crippen molar-refractivity contribution in [3.63, 3.8) is 0 Å². The highest BCUT2D eigenvalue weighted by atomic mass is 16.2. The van der Waals surface area contributed by atoms with Crippen molar-refractivity contribution in [2.75, 3.05) is 6.54 Å². The monoisotopic (exact) mass is 186 g/mol. The maximum atomic E-state index is 11.4. The van der Waals surface area contributed by atoms with Gasteiger partial charge in [0.25, 0.3) is 0 Å². The summed E-state index contributed by atoms with van der Waals surface area (Å²) in [7, 11) is 0. The van der Waals surface area contributed by atoms with Crippen LogP contribution in [0.2, 0.25) is 0 Å². The number of hydrogen-bond donors (Lipinski definition) is 1. The number of amides is 2. The van der Waals surface area contributed by atoms with Gasteiger partial charge >= 0.3 is 0 Å². The van der Waals surface area contributed by atoms with Gasteiger partial charge in [0.05, 0.1) is 0 Å². The molecule has 2 N–H and O–H groups in total. The largest absolute Gasteiger partial charge is 0.370 e. The molecular formula is C9H18N2O2. The predicted molar refractivity (Wildman–Crippen MR) is 51.0 cm³/mol. The molecule has 0 rings (SSSR count). The number of carbonyl (C=O) groups is 2. The van der Waals surface area contributed by atoms with Crippen LogP contribution in [-0.2, 0) is 9.59 Å². The summed E-state index contributed by atoms with van der Waals surface area (Å²) in [5.74, 6) is -0.426. The summed E-state index contributed by atoms with van der Waals surface area (Å²) < 4.78 is 0. The van der Waals surface area contributed by atoms with E-state index in [1.807, 2.05) is 20.8 Å². The first kappa shape index (κ1) is 11.9. The second kappa shape index (κ2) is 5.56. The molecule has 0 aromatic rings. The molecule has 0 aromatic carbocycles. The van der Waals surface area contributed by atoms with E-state index in [0.717, 1.165) is 0 Å². The van der Waals surface area contributed by atoms with Gasteiger partial charge in [-0.15, -0.1) is 0 Å². The Balaban J connectivity index is 3.99. The third kappa shape index (κ3) is 4.50. The Labute approximate surface area is 79.1 Å². The van der Waals surface area contributed by atoms with Crippen molar-refractivity contribution in [3.8, 4) is 0 Å². The van der Waals surface area contributed by atoms with Crippen molar-refractivity contribution in [2.24, 2.45) is 5.73 Å². The van der Waals surface area contributed by atoms with Crippen molar-refractivity contribution in [1.29, 1.82) is 0 Å². The summed E-state index contributed by atoms with van der Waals surface area (Å²) in [4.78, 5) is 23.6. The third-order valence-corrected chi connectivity index (χ3v) is 1.87. The van der Waals surface area contributed by atoms with Crippen molar-refractivity contribution in [2.45, 2.75) is 39.7 Å². The smallest absolute Gasteiger partial charge is 0.223 e. The van der Waals surface area contributed by atoms with Crippen LogP contribution in [0.25, 0.3) is 0 Å². The predicted octanol–water partition coefficient (Wildman–Crippen LogP) is 0.509. The molecule has 4 heteroatoms. The van der Waals surface area contributed by atoms with Gasteiger partial charge in [0.15, 0.2) is 0 Å². The van der Waals surface area contributed by atoms with Crippen LogP contribution < -0.4 is 5.73 Å². The van der Waals surface area contributed by atoms with Gasteiger partial charge in [-0.3, -0.25) is 9.59 Å². The zero-order chi connectivity index (χ0) is 10.4. The molecule has 13 heavy (non-hydrogen) atoms. The molecule has 4 nitrogen and oxygen atoms in total. The van der Waals surface area contributed by atoms with Crippen LogP contribution in [0.4, 0.5) is 0 Å². The number of nitrogens with two attached hydrogens (primary N) is 1. The molecule has 0 saturated heterocycles. The van der Waals surface area contributed by atoms with Crippen LogP contribution in [0.1, 0.15) is 33.6 Å². The van der Waals surface area contributed by atoms with E-state index in [9.17, 15) is 9.59 Å². The van der Waals surface area contributed by atoms with E-state index in [1.54, 1.807) is 4.90 Å². The first-order valence-corrected chi connectivity index (χ1v) is 4.56. The Morgan fingerprint density at radius 3 is 2.15 bits per heavy atom. The average Bonchev–Trinajstić information content (AvgIpc) is 2.01. The minimum atomic E-state index is -0.423. The first-order valence-electron chi connectivity index (χ1n) is 4.56. The maximum absolute atomic E-state index is 11.4. The van der Waals surface area contributed by atoms with Crippen LogP contribution in [0.5, 0.6) is 0 Å². The molecule has 0 aliphatic carbocycles. The quantitative estimate of drug-likeness (QED) is 0.680. The van der Waals surface area contributed by atoms with Crippen molar-refractivity contribution >= 4 is 11.8 Å². The Morgan fingerprint density at radius 2 is 1.85 bits per heavy atom. The minimum absolute atomic E-state index is 0.00343. The number of nitrogens with zero attached hydrogens (tertiary/aromatic N) is 1. The van der Waals surface area contributed by atoms with Gasteiger partial charge in [0, 0.05) is 25.4 Å². The lowest BCUT2D eigenvalue weighted by Gasteiger charge is -2.24. The highest BCUT2D eigenvalue weighted by Crippen LogP contribution is 2.02. The first-order chi connectivity index (χ1) is 5.99. The normalized spacial score (nSPS) is 10.2. The zero-order valence-corrected chi connectivity index (χ0v) is 8.54. The number of carbonyl (C=O) groups excluding carboxylic acids is 2. The van der Waals surface area contributed by atoms with Gasteiger partial charge in [-0.25, -0.2) is 0 Å². The summed E-state index contributed by atoms with van der Waals surface area (Å²) in [6, 6.07) is 0.186. The van der Waals surface area contributed by atoms with Crippen molar-refractivity contribution in [1.82, 2.24) is 4.90 Å². The Morgan fingerprint density at radius 1 is 1.31 bits per heavy atom. The SMILES string of the molecule is CCN(C(=O)CCC(N)=O)C(C)C. The van der Waals surface area contributed by atoms with E-state index in [4.69, 9.17) is 5.73 Å². The van der Waals surface area contributed by atoms with Gasteiger partial charge in [-0.05, 0) is 20.8 Å². The second-order valence-electron chi connectivity index (χ2n) is 3.24. The van der Waals surface area contributed by atoms with Gasteiger partial charge in [0.2, 0.25) is 11.8 Å². The van der Waals surface area contributed by atoms with Crippen LogP contribution in [0, 0.1) is 0 Å². The second-order valence-corrected chi connectivity index (χ2v) is 3.24. The highest BCUT2D eigenvalue weighted by Gasteiger charge is 2.14. The van der Waals surface area contributed by atoms with Crippen LogP contribution in [0.3, 0.4) is 0 Å². The molecule has 0 spiro atoms. The van der Waals surface area contributed by atoms with Crippen LogP contribution in [-0.4, -0.2) is 29.3 Å². The molecular weight excluding hydrogens is 168 g/mol. The number of hydrogen-bond acceptors (Lipinski definition) is 2. The van der Waals surface area contributed by atoms with Gasteiger partial charge in [0.1, 0.15) is 0 Å². The number of primary amides is 1. The molecule has 0 unspecified atom stereocenters. The lowest BCUT2D eigenvalue weighted by atomic mass is 10.2. The van der Waals surface area contributed by atoms with E-state index < -0.39 is 5.91 Å². The minimum Gasteiger partial charge on any atom is -0.370 e. The van der Waals surface area contributed by atoms with E-state index in [-0.39, 0.29) is 24.8 Å². The molecule has 0 aromatic heterocycles. The Bertz CT molecular complexity index is 190. The van der Waals surface area contributed by atoms with E-state index in [2.05, 4.69) is 0 Å². The molecule has 0 radical (unpaired) electrons. The lowest BCUT2D eigenvalue weighted by molar-refractivity contribution is -0.134. The summed E-state index contributed by atoms with van der Waals surface area (Å²) >= 11 is 0. The number of rotatable bonds is 5. The van der Waals surface area contributed by atoms with Crippen molar-refractivity contribution < 1.29 is 9.59 Å². The average molecular weight is 186 g/mol. The topological polar surface area (TPSA) is 63.4 Å². The maximum Gasteiger partial charge on any atom is 0.223 e. The Kier molecular flexibility index (Phi) is 5.11. The highest BCUT2D eigenvalue weighted by molar-refractivity contribution is 5.82. The standard InChI is InChI=1S/C9H18N2O2/c1-4-11(7(2)3)9(13)6-5-8(10)12/h7H,4-6H2,1-3H3,(H2,10,12). The third-order valence-electron chi connectivity index (χ3n) is 1.87. The summed E-state index contributed by atoms with van der Waals surface area (Å²) in [5, 5.41) is 0. The van der Waals surface area contributed by atoms with E-state index in [0.29, 0.717) is 6.54 Å². The fourth-order valence-corrected chi connectivity index (χ4v) is 1.20. The molecule has 0 heterocycles. The van der Waals surface area contributed by atoms with Crippen LogP contribution in [0.15, 0.2) is 0 Å². The van der Waals surface area contributed by atoms with Gasteiger partial charge in [-0.2, -0.15) is 0 Å². The fourth-order valence-electron chi connectivity index (χ4n) is 1.20. The Hall–Kier alpha value is -1.06. The van der Waals surface area contributed by atoms with Crippen LogP contribution >= 0.6 is 0 Å². The zero-order valence-electron chi connectivity index (χ0n) is 8.54. The molecule has 0 atom stereocenters. The molecule has 2 amide bonds. The molecule has 0 aliphatic heterocycles. The fraction of sp³-hybridized carbons (Fsp3) is 0.778. The van der Waals surface area contributed by atoms with E-state index >= 15 is 0 Å². The molecule has 0 fully saturated rings.